The average molecular weight is 199 g/mol. The van der Waals surface area contributed by atoms with Crippen molar-refractivity contribution >= 4 is 33.0 Å². The second-order valence-electron chi connectivity index (χ2n) is 2.58. The van der Waals surface area contributed by atoms with Crippen molar-refractivity contribution in [2.75, 3.05) is 0 Å². The van der Waals surface area contributed by atoms with Crippen LogP contribution in [0, 0.1) is 0 Å². The lowest BCUT2D eigenvalue weighted by molar-refractivity contribution is 0.282. The molecule has 1 aromatic heterocycles. The first-order chi connectivity index (χ1) is 5.79. The minimum absolute atomic E-state index is 0.0887. The third kappa shape index (κ3) is 1.33. The minimum Gasteiger partial charge on any atom is -0.392 e. The van der Waals surface area contributed by atoms with Gasteiger partial charge in [-0.15, -0.1) is 11.3 Å². The molecule has 0 unspecified atom stereocenters. The fourth-order valence-corrected chi connectivity index (χ4v) is 2.36. The Labute approximate surface area is 79.2 Å². The van der Waals surface area contributed by atoms with Crippen molar-refractivity contribution in [2.24, 2.45) is 0 Å². The number of thiophene rings is 1. The maximum Gasteiger partial charge on any atom is 0.0940 e. The zero-order chi connectivity index (χ0) is 8.55. The Morgan fingerprint density at radius 1 is 1.33 bits per heavy atom. The maximum absolute atomic E-state index is 8.88. The van der Waals surface area contributed by atoms with Gasteiger partial charge in [0.05, 0.1) is 10.9 Å². The molecule has 0 amide bonds. The summed E-state index contributed by atoms with van der Waals surface area (Å²) in [7, 11) is 0. The number of hydrogen-bond donors (Lipinski definition) is 1. The second-order valence-corrected chi connectivity index (χ2v) is 4.30. The van der Waals surface area contributed by atoms with Gasteiger partial charge < -0.3 is 5.11 Å². The number of fused-ring (bicyclic) bond motifs is 1. The van der Waals surface area contributed by atoms with E-state index in [0.717, 1.165) is 20.0 Å². The average Bonchev–Trinajstić information content (AvgIpc) is 2.43. The number of halogens is 1. The molecule has 0 aliphatic rings. The Kier molecular flexibility index (Phi) is 2.05. The molecular weight excluding hydrogens is 192 g/mol. The van der Waals surface area contributed by atoms with Gasteiger partial charge in [0.1, 0.15) is 0 Å². The van der Waals surface area contributed by atoms with Crippen LogP contribution in [0.1, 0.15) is 5.56 Å². The molecule has 0 radical (unpaired) electrons. The quantitative estimate of drug-likeness (QED) is 0.747. The fraction of sp³-hybridized carbons (Fsp3) is 0.111. The highest BCUT2D eigenvalue weighted by Crippen LogP contribution is 2.29. The molecule has 2 rings (SSSR count). The molecule has 0 fully saturated rings. The van der Waals surface area contributed by atoms with Gasteiger partial charge in [-0.2, -0.15) is 0 Å². The predicted molar refractivity (Wildman–Crippen MR) is 52.8 cm³/mol. The zero-order valence-electron chi connectivity index (χ0n) is 6.25. The maximum atomic E-state index is 8.88. The Hall–Kier alpha value is -0.570. The molecule has 1 N–H and O–H groups in total. The minimum atomic E-state index is 0.0887. The van der Waals surface area contributed by atoms with Gasteiger partial charge in [-0.1, -0.05) is 23.7 Å². The summed E-state index contributed by atoms with van der Waals surface area (Å²) in [5.41, 5.74) is 0.931. The zero-order valence-corrected chi connectivity index (χ0v) is 7.82. The molecule has 0 aliphatic heterocycles. The Bertz CT molecular complexity index is 408. The molecule has 62 valence electrons. The third-order valence-electron chi connectivity index (χ3n) is 1.74. The number of aliphatic hydroxyl groups is 1. The second kappa shape index (κ2) is 3.05. The van der Waals surface area contributed by atoms with Crippen LogP contribution in [0.3, 0.4) is 0 Å². The van der Waals surface area contributed by atoms with Gasteiger partial charge in [0.15, 0.2) is 0 Å². The first kappa shape index (κ1) is 8.05. The van der Waals surface area contributed by atoms with Crippen LogP contribution in [0.5, 0.6) is 0 Å². The molecule has 1 nitrogen and oxygen atoms in total. The van der Waals surface area contributed by atoms with Crippen LogP contribution in [0.25, 0.3) is 10.1 Å². The molecule has 1 aromatic carbocycles. The molecule has 0 saturated heterocycles. The lowest BCUT2D eigenvalue weighted by atomic mass is 10.2. The first-order valence-electron chi connectivity index (χ1n) is 3.58. The normalized spacial score (nSPS) is 10.8. The Morgan fingerprint density at radius 3 is 2.92 bits per heavy atom. The van der Waals surface area contributed by atoms with Crippen LogP contribution >= 0.6 is 22.9 Å². The van der Waals surface area contributed by atoms with E-state index in [4.69, 9.17) is 16.7 Å². The predicted octanol–water partition coefficient (Wildman–Crippen LogP) is 3.05. The smallest absolute Gasteiger partial charge is 0.0940 e. The monoisotopic (exact) mass is 198 g/mol. The van der Waals surface area contributed by atoms with Crippen molar-refractivity contribution in [3.8, 4) is 0 Å². The van der Waals surface area contributed by atoms with E-state index in [1.165, 1.54) is 11.3 Å². The van der Waals surface area contributed by atoms with E-state index in [9.17, 15) is 0 Å². The molecule has 0 aliphatic carbocycles. The molecule has 12 heavy (non-hydrogen) atoms. The van der Waals surface area contributed by atoms with E-state index in [1.54, 1.807) is 0 Å². The SMILES string of the molecule is OCc1ccc2cc(Cl)sc2c1. The van der Waals surface area contributed by atoms with Gasteiger partial charge in [-0.05, 0) is 23.1 Å². The molecule has 0 bridgehead atoms. The Balaban J connectivity index is 2.66. The molecule has 3 heteroatoms. The summed E-state index contributed by atoms with van der Waals surface area (Å²) >= 11 is 7.37. The van der Waals surface area contributed by atoms with Crippen LogP contribution in [-0.4, -0.2) is 5.11 Å². The first-order valence-corrected chi connectivity index (χ1v) is 4.78. The lowest BCUT2D eigenvalue weighted by Gasteiger charge is -1.93. The van der Waals surface area contributed by atoms with E-state index in [-0.39, 0.29) is 6.61 Å². The van der Waals surface area contributed by atoms with Crippen LogP contribution in [0.15, 0.2) is 24.3 Å². The van der Waals surface area contributed by atoms with E-state index in [0.29, 0.717) is 0 Å². The van der Waals surface area contributed by atoms with Gasteiger partial charge in [-0.25, -0.2) is 0 Å². The van der Waals surface area contributed by atoms with E-state index in [1.807, 2.05) is 24.3 Å². The molecule has 0 atom stereocenters. The largest absolute Gasteiger partial charge is 0.392 e. The van der Waals surface area contributed by atoms with E-state index >= 15 is 0 Å². The lowest BCUT2D eigenvalue weighted by Crippen LogP contribution is -1.79. The van der Waals surface area contributed by atoms with Gasteiger partial charge in [-0.3, -0.25) is 0 Å². The van der Waals surface area contributed by atoms with Crippen molar-refractivity contribution in [1.82, 2.24) is 0 Å². The van der Waals surface area contributed by atoms with E-state index in [2.05, 4.69) is 0 Å². The van der Waals surface area contributed by atoms with Crippen molar-refractivity contribution < 1.29 is 5.11 Å². The molecule has 0 saturated carbocycles. The van der Waals surface area contributed by atoms with Crippen LogP contribution in [0.4, 0.5) is 0 Å². The summed E-state index contributed by atoms with van der Waals surface area (Å²) in [6.07, 6.45) is 0. The van der Waals surface area contributed by atoms with Crippen LogP contribution in [0.2, 0.25) is 4.34 Å². The van der Waals surface area contributed by atoms with Crippen LogP contribution in [-0.2, 0) is 6.61 Å². The van der Waals surface area contributed by atoms with Gasteiger partial charge in [0, 0.05) is 4.70 Å². The number of hydrogen-bond acceptors (Lipinski definition) is 2. The molecule has 0 spiro atoms. The summed E-state index contributed by atoms with van der Waals surface area (Å²) in [4.78, 5) is 0. The summed E-state index contributed by atoms with van der Waals surface area (Å²) in [6.45, 7) is 0.0887. The van der Waals surface area contributed by atoms with Gasteiger partial charge in [0.2, 0.25) is 0 Å². The van der Waals surface area contributed by atoms with Crippen molar-refractivity contribution in [2.45, 2.75) is 6.61 Å². The molecule has 2 aromatic rings. The standard InChI is InChI=1S/C9H7ClOS/c10-9-4-7-2-1-6(5-11)3-8(7)12-9/h1-4,11H,5H2. The summed E-state index contributed by atoms with van der Waals surface area (Å²) < 4.78 is 1.92. The van der Waals surface area contributed by atoms with E-state index < -0.39 is 0 Å². The van der Waals surface area contributed by atoms with Crippen LogP contribution < -0.4 is 0 Å². The highest BCUT2D eigenvalue weighted by atomic mass is 35.5. The summed E-state index contributed by atoms with van der Waals surface area (Å²) in [6, 6.07) is 7.78. The van der Waals surface area contributed by atoms with Crippen molar-refractivity contribution in [3.05, 3.63) is 34.2 Å². The molecule has 1 heterocycles. The highest BCUT2D eigenvalue weighted by Gasteiger charge is 1.99. The molecular formula is C9H7ClOS. The topological polar surface area (TPSA) is 20.2 Å². The third-order valence-corrected chi connectivity index (χ3v) is 2.96. The van der Waals surface area contributed by atoms with Gasteiger partial charge in [0.25, 0.3) is 0 Å². The summed E-state index contributed by atoms with van der Waals surface area (Å²) in [5.74, 6) is 0. The Morgan fingerprint density at radius 2 is 2.17 bits per heavy atom. The number of benzene rings is 1. The number of aliphatic hydroxyl groups excluding tert-OH is 1. The van der Waals surface area contributed by atoms with Gasteiger partial charge >= 0.3 is 0 Å². The summed E-state index contributed by atoms with van der Waals surface area (Å²) in [5, 5.41) is 10.0. The van der Waals surface area contributed by atoms with Crippen molar-refractivity contribution in [1.29, 1.82) is 0 Å². The fourth-order valence-electron chi connectivity index (χ4n) is 1.14. The number of rotatable bonds is 1. The highest BCUT2D eigenvalue weighted by molar-refractivity contribution is 7.22. The van der Waals surface area contributed by atoms with Crippen molar-refractivity contribution in [3.63, 3.8) is 0 Å².